The van der Waals surface area contributed by atoms with Gasteiger partial charge in [-0.2, -0.15) is 0 Å². The Bertz CT molecular complexity index is 719. The third kappa shape index (κ3) is 6.66. The summed E-state index contributed by atoms with van der Waals surface area (Å²) >= 11 is 6.02. The largest absolute Gasteiger partial charge is 0.353 e. The number of likely N-dealkylation sites (tertiary alicyclic amines) is 1. The zero-order valence-corrected chi connectivity index (χ0v) is 17.7. The first-order valence-corrected chi connectivity index (χ1v) is 11.8. The van der Waals surface area contributed by atoms with Gasteiger partial charge >= 0.3 is 0 Å². The number of carbonyl (C=O) groups excluding carboxylic acids is 1. The highest BCUT2D eigenvalue weighted by molar-refractivity contribution is 7.92. The first kappa shape index (κ1) is 22.0. The minimum atomic E-state index is -3.64. The van der Waals surface area contributed by atoms with E-state index in [2.05, 4.69) is 10.2 Å². The van der Waals surface area contributed by atoms with Crippen molar-refractivity contribution in [2.24, 2.45) is 0 Å². The third-order valence-corrected chi connectivity index (χ3v) is 6.23. The SMILES string of the molecule is CCC(C(=O)NCCN1CCCCCC1)N(c1cccc(Cl)c1)S(C)(=O)=O. The number of anilines is 1. The molecular weight excluding hydrogens is 386 g/mol. The molecule has 1 amide bonds. The van der Waals surface area contributed by atoms with Crippen LogP contribution in [0.1, 0.15) is 39.0 Å². The van der Waals surface area contributed by atoms with Crippen molar-refractivity contribution < 1.29 is 13.2 Å². The lowest BCUT2D eigenvalue weighted by atomic mass is 10.2. The summed E-state index contributed by atoms with van der Waals surface area (Å²) in [5.74, 6) is -0.280. The molecular formula is C19H30ClN3O3S. The highest BCUT2D eigenvalue weighted by Crippen LogP contribution is 2.25. The molecule has 8 heteroatoms. The number of benzene rings is 1. The normalized spacial score (nSPS) is 17.1. The van der Waals surface area contributed by atoms with E-state index in [1.165, 1.54) is 30.0 Å². The Morgan fingerprint density at radius 3 is 2.48 bits per heavy atom. The molecule has 0 bridgehead atoms. The number of nitrogens with one attached hydrogen (secondary N) is 1. The predicted molar refractivity (Wildman–Crippen MR) is 111 cm³/mol. The fraction of sp³-hybridized carbons (Fsp3) is 0.632. The molecule has 1 aliphatic rings. The van der Waals surface area contributed by atoms with Crippen molar-refractivity contribution in [3.8, 4) is 0 Å². The second-order valence-electron chi connectivity index (χ2n) is 7.01. The van der Waals surface area contributed by atoms with Gasteiger partial charge in [-0.25, -0.2) is 8.42 Å². The Morgan fingerprint density at radius 1 is 1.26 bits per heavy atom. The van der Waals surface area contributed by atoms with Gasteiger partial charge in [0.05, 0.1) is 11.9 Å². The van der Waals surface area contributed by atoms with Gasteiger partial charge in [0.15, 0.2) is 0 Å². The van der Waals surface area contributed by atoms with Crippen molar-refractivity contribution in [1.82, 2.24) is 10.2 Å². The van der Waals surface area contributed by atoms with Crippen molar-refractivity contribution in [2.75, 3.05) is 36.7 Å². The van der Waals surface area contributed by atoms with Crippen LogP contribution in [0.2, 0.25) is 5.02 Å². The fourth-order valence-corrected chi connectivity index (χ4v) is 4.88. The molecule has 2 rings (SSSR count). The van der Waals surface area contributed by atoms with E-state index in [-0.39, 0.29) is 5.91 Å². The first-order chi connectivity index (χ1) is 12.8. The molecule has 152 valence electrons. The van der Waals surface area contributed by atoms with Crippen molar-refractivity contribution in [1.29, 1.82) is 0 Å². The van der Waals surface area contributed by atoms with Gasteiger partial charge in [0, 0.05) is 18.1 Å². The maximum atomic E-state index is 12.8. The first-order valence-electron chi connectivity index (χ1n) is 9.58. The molecule has 1 aromatic rings. The average Bonchev–Trinajstić information content (AvgIpc) is 2.87. The summed E-state index contributed by atoms with van der Waals surface area (Å²) in [7, 11) is -3.64. The van der Waals surface area contributed by atoms with E-state index in [4.69, 9.17) is 11.6 Å². The van der Waals surface area contributed by atoms with Crippen LogP contribution < -0.4 is 9.62 Å². The smallest absolute Gasteiger partial charge is 0.243 e. The quantitative estimate of drug-likeness (QED) is 0.708. The Hall–Kier alpha value is -1.31. The van der Waals surface area contributed by atoms with E-state index in [0.717, 1.165) is 25.9 Å². The van der Waals surface area contributed by atoms with E-state index < -0.39 is 16.1 Å². The van der Waals surface area contributed by atoms with Crippen LogP contribution in [0.4, 0.5) is 5.69 Å². The van der Waals surface area contributed by atoms with E-state index in [0.29, 0.717) is 23.7 Å². The summed E-state index contributed by atoms with van der Waals surface area (Å²) in [6.45, 7) is 5.23. The highest BCUT2D eigenvalue weighted by Gasteiger charge is 2.31. The average molecular weight is 416 g/mol. The van der Waals surface area contributed by atoms with E-state index in [9.17, 15) is 13.2 Å². The fourth-order valence-electron chi connectivity index (χ4n) is 3.49. The maximum absolute atomic E-state index is 12.8. The zero-order chi connectivity index (χ0) is 19.9. The van der Waals surface area contributed by atoms with Gasteiger partial charge in [-0.05, 0) is 50.6 Å². The Kier molecular flexibility index (Phi) is 8.38. The summed E-state index contributed by atoms with van der Waals surface area (Å²) in [6.07, 6.45) is 6.41. The summed E-state index contributed by atoms with van der Waals surface area (Å²) in [5, 5.41) is 3.35. The van der Waals surface area contributed by atoms with Gasteiger partial charge in [0.1, 0.15) is 6.04 Å². The van der Waals surface area contributed by atoms with Crippen LogP contribution in [-0.2, 0) is 14.8 Å². The maximum Gasteiger partial charge on any atom is 0.243 e. The van der Waals surface area contributed by atoms with Crippen LogP contribution in [0.15, 0.2) is 24.3 Å². The van der Waals surface area contributed by atoms with Crippen LogP contribution in [0.25, 0.3) is 0 Å². The van der Waals surface area contributed by atoms with Crippen LogP contribution in [0.5, 0.6) is 0 Å². The summed E-state index contributed by atoms with van der Waals surface area (Å²) in [6, 6.07) is 5.77. The molecule has 1 atom stereocenters. The van der Waals surface area contributed by atoms with Gasteiger partial charge in [0.2, 0.25) is 15.9 Å². The van der Waals surface area contributed by atoms with Crippen molar-refractivity contribution in [3.05, 3.63) is 29.3 Å². The zero-order valence-electron chi connectivity index (χ0n) is 16.2. The highest BCUT2D eigenvalue weighted by atomic mass is 35.5. The molecule has 0 spiro atoms. The van der Waals surface area contributed by atoms with Crippen molar-refractivity contribution in [3.63, 3.8) is 0 Å². The molecule has 1 aliphatic heterocycles. The monoisotopic (exact) mass is 415 g/mol. The number of hydrogen-bond donors (Lipinski definition) is 1. The van der Waals surface area contributed by atoms with Crippen molar-refractivity contribution in [2.45, 2.75) is 45.1 Å². The number of carbonyl (C=O) groups is 1. The number of halogens is 1. The number of hydrogen-bond acceptors (Lipinski definition) is 4. The Labute approximate surface area is 167 Å². The number of amides is 1. The summed E-state index contributed by atoms with van der Waals surface area (Å²) in [5.41, 5.74) is 0.402. The lowest BCUT2D eigenvalue weighted by Crippen LogP contribution is -2.50. The van der Waals surface area contributed by atoms with Gasteiger partial charge < -0.3 is 10.2 Å². The number of nitrogens with zero attached hydrogens (tertiary/aromatic N) is 2. The van der Waals surface area contributed by atoms with Gasteiger partial charge in [-0.3, -0.25) is 9.10 Å². The van der Waals surface area contributed by atoms with E-state index in [1.54, 1.807) is 24.3 Å². The molecule has 1 heterocycles. The molecule has 1 aromatic carbocycles. The van der Waals surface area contributed by atoms with Crippen LogP contribution in [0.3, 0.4) is 0 Å². The minimum absolute atomic E-state index is 0.280. The molecule has 1 N–H and O–H groups in total. The van der Waals surface area contributed by atoms with Crippen LogP contribution >= 0.6 is 11.6 Å². The topological polar surface area (TPSA) is 69.7 Å². The van der Waals surface area contributed by atoms with E-state index >= 15 is 0 Å². The predicted octanol–water partition coefficient (Wildman–Crippen LogP) is 2.88. The van der Waals surface area contributed by atoms with Gasteiger partial charge in [-0.1, -0.05) is 37.4 Å². The Balaban J connectivity index is 2.05. The van der Waals surface area contributed by atoms with Crippen LogP contribution in [0, 0.1) is 0 Å². The third-order valence-electron chi connectivity index (χ3n) is 4.82. The van der Waals surface area contributed by atoms with Crippen LogP contribution in [-0.4, -0.2) is 57.7 Å². The molecule has 1 unspecified atom stereocenters. The molecule has 1 saturated heterocycles. The molecule has 0 aromatic heterocycles. The van der Waals surface area contributed by atoms with Gasteiger partial charge in [0.25, 0.3) is 0 Å². The lowest BCUT2D eigenvalue weighted by Gasteiger charge is -2.30. The second kappa shape index (κ2) is 10.3. The molecule has 0 aliphatic carbocycles. The Morgan fingerprint density at radius 2 is 1.93 bits per heavy atom. The minimum Gasteiger partial charge on any atom is -0.353 e. The molecule has 1 fully saturated rings. The number of rotatable bonds is 8. The summed E-state index contributed by atoms with van der Waals surface area (Å²) in [4.78, 5) is 15.1. The van der Waals surface area contributed by atoms with Crippen molar-refractivity contribution >= 4 is 33.2 Å². The molecule has 27 heavy (non-hydrogen) atoms. The lowest BCUT2D eigenvalue weighted by molar-refractivity contribution is -0.122. The standard InChI is InChI=1S/C19H30ClN3O3S/c1-3-18(19(24)21-11-14-22-12-6-4-5-7-13-22)23(27(2,25)26)17-10-8-9-16(20)15-17/h8-10,15,18H,3-7,11-14H2,1-2H3,(H,21,24). The van der Waals surface area contributed by atoms with E-state index in [1.807, 2.05) is 6.92 Å². The van der Waals surface area contributed by atoms with Gasteiger partial charge in [-0.15, -0.1) is 0 Å². The second-order valence-corrected chi connectivity index (χ2v) is 9.31. The summed E-state index contributed by atoms with van der Waals surface area (Å²) < 4.78 is 26.0. The number of sulfonamides is 1. The molecule has 0 saturated carbocycles. The molecule has 6 nitrogen and oxygen atoms in total. The molecule has 0 radical (unpaired) electrons.